The Morgan fingerprint density at radius 3 is 2.55 bits per heavy atom. The number of halogens is 1. The maximum absolute atomic E-state index is 13.2. The first-order valence-electron chi connectivity index (χ1n) is 13.1. The van der Waals surface area contributed by atoms with Crippen LogP contribution in [0, 0.1) is 12.7 Å². The number of benzene rings is 2. The summed E-state index contributed by atoms with van der Waals surface area (Å²) >= 11 is 0. The quantitative estimate of drug-likeness (QED) is 0.448. The van der Waals surface area contributed by atoms with Gasteiger partial charge in [-0.2, -0.15) is 4.98 Å². The van der Waals surface area contributed by atoms with E-state index >= 15 is 0 Å². The predicted molar refractivity (Wildman–Crippen MR) is 145 cm³/mol. The topological polar surface area (TPSA) is 71.7 Å². The van der Waals surface area contributed by atoms with Crippen LogP contribution < -0.4 is 4.90 Å². The number of carbonyl (C=O) groups excluding carboxylic acids is 1. The van der Waals surface area contributed by atoms with Crippen molar-refractivity contribution in [3.05, 3.63) is 88.0 Å². The van der Waals surface area contributed by atoms with E-state index in [1.807, 2.05) is 4.90 Å². The second-order valence-corrected chi connectivity index (χ2v) is 9.93. The van der Waals surface area contributed by atoms with Gasteiger partial charge in [0, 0.05) is 44.7 Å². The first kappa shape index (κ1) is 25.7. The second-order valence-electron chi connectivity index (χ2n) is 9.93. The number of nitrogens with zero attached hydrogens (tertiary/aromatic N) is 4. The van der Waals surface area contributed by atoms with Crippen molar-refractivity contribution >= 4 is 23.2 Å². The van der Waals surface area contributed by atoms with Crippen LogP contribution in [0.1, 0.15) is 48.2 Å². The molecule has 3 aromatic rings. The van der Waals surface area contributed by atoms with Gasteiger partial charge in [-0.25, -0.2) is 4.39 Å². The molecule has 0 radical (unpaired) electrons. The van der Waals surface area contributed by atoms with Crippen LogP contribution in [0.5, 0.6) is 0 Å². The highest BCUT2D eigenvalue weighted by molar-refractivity contribution is 5.88. The van der Waals surface area contributed by atoms with Crippen LogP contribution in [0.3, 0.4) is 0 Å². The van der Waals surface area contributed by atoms with Crippen LogP contribution in [0.25, 0.3) is 11.6 Å². The minimum absolute atomic E-state index is 0.0615. The van der Waals surface area contributed by atoms with Crippen molar-refractivity contribution in [2.75, 3.05) is 38.2 Å². The lowest BCUT2D eigenvalue weighted by molar-refractivity contribution is -0.131. The molecule has 2 heterocycles. The van der Waals surface area contributed by atoms with Crippen LogP contribution in [0.4, 0.5) is 10.1 Å². The molecule has 0 saturated carbocycles. The van der Waals surface area contributed by atoms with E-state index in [-0.39, 0.29) is 11.7 Å². The Labute approximate surface area is 222 Å². The Balaban J connectivity index is 1.25. The number of amides is 1. The third kappa shape index (κ3) is 5.64. The molecular formula is C30H33FN4O3. The Bertz CT molecular complexity index is 1370. The van der Waals surface area contributed by atoms with E-state index in [1.54, 1.807) is 19.2 Å². The highest BCUT2D eigenvalue weighted by Gasteiger charge is 2.24. The predicted octanol–water partition coefficient (Wildman–Crippen LogP) is 5.21. The van der Waals surface area contributed by atoms with Gasteiger partial charge in [0.1, 0.15) is 11.6 Å². The van der Waals surface area contributed by atoms with E-state index < -0.39 is 0 Å². The molecule has 1 aliphatic carbocycles. The number of allylic oxidation sites excluding steroid dienone is 2. The lowest BCUT2D eigenvalue weighted by atomic mass is 9.92. The van der Waals surface area contributed by atoms with Crippen molar-refractivity contribution in [2.45, 2.75) is 39.5 Å². The van der Waals surface area contributed by atoms with Crippen molar-refractivity contribution in [1.29, 1.82) is 0 Å². The summed E-state index contributed by atoms with van der Waals surface area (Å²) in [4.78, 5) is 21.6. The van der Waals surface area contributed by atoms with Gasteiger partial charge in [-0.15, -0.1) is 0 Å². The zero-order chi connectivity index (χ0) is 26.6. The molecule has 0 N–H and O–H groups in total. The first-order chi connectivity index (χ1) is 18.4. The van der Waals surface area contributed by atoms with E-state index in [2.05, 4.69) is 53.2 Å². The van der Waals surface area contributed by atoms with E-state index in [9.17, 15) is 9.18 Å². The van der Waals surface area contributed by atoms with Gasteiger partial charge in [0.25, 0.3) is 0 Å². The minimum atomic E-state index is -0.248. The molecule has 38 heavy (non-hydrogen) atoms. The van der Waals surface area contributed by atoms with Crippen LogP contribution in [-0.2, 0) is 22.4 Å². The number of aromatic nitrogens is 2. The van der Waals surface area contributed by atoms with Crippen molar-refractivity contribution in [1.82, 2.24) is 15.0 Å². The fourth-order valence-corrected chi connectivity index (χ4v) is 5.12. The standard InChI is InChI=1S/C30H33FN4O3/c1-20-4-6-22-7-5-21(2)29(37-3)26(19-23(22)18-20)30-32-27(38-33-30)12-13-28(36)35-16-14-34(15-17-35)25-10-8-24(31)9-11-25/h4,6,8-11,18-19H,5,7,12-17H2,1-3H3. The maximum Gasteiger partial charge on any atom is 0.227 e. The summed E-state index contributed by atoms with van der Waals surface area (Å²) in [6, 6.07) is 13.0. The van der Waals surface area contributed by atoms with Gasteiger partial charge in [0.05, 0.1) is 12.7 Å². The van der Waals surface area contributed by atoms with Gasteiger partial charge in [-0.3, -0.25) is 4.79 Å². The highest BCUT2D eigenvalue weighted by atomic mass is 19.1. The number of ether oxygens (including phenoxy) is 1. The molecule has 1 amide bonds. The average molecular weight is 517 g/mol. The fraction of sp³-hybridized carbons (Fsp3) is 0.367. The van der Waals surface area contributed by atoms with Gasteiger partial charge in [-0.05, 0) is 73.7 Å². The van der Waals surface area contributed by atoms with Gasteiger partial charge >= 0.3 is 0 Å². The summed E-state index contributed by atoms with van der Waals surface area (Å²) in [6.07, 6.45) is 4.56. The van der Waals surface area contributed by atoms with E-state index in [0.717, 1.165) is 41.0 Å². The summed E-state index contributed by atoms with van der Waals surface area (Å²) in [5.74, 6) is 1.47. The Morgan fingerprint density at radius 1 is 1.05 bits per heavy atom. The molecule has 0 spiro atoms. The number of hydrogen-bond acceptors (Lipinski definition) is 6. The normalized spacial score (nSPS) is 16.1. The molecule has 1 aliphatic heterocycles. The van der Waals surface area contributed by atoms with Crippen molar-refractivity contribution in [3.8, 4) is 0 Å². The van der Waals surface area contributed by atoms with Gasteiger partial charge in [0.2, 0.25) is 17.6 Å². The number of fused-ring (bicyclic) bond motifs is 1. The smallest absolute Gasteiger partial charge is 0.227 e. The van der Waals surface area contributed by atoms with Crippen LogP contribution in [0.2, 0.25) is 0 Å². The molecule has 0 unspecified atom stereocenters. The van der Waals surface area contributed by atoms with Crippen LogP contribution in [0.15, 0.2) is 58.3 Å². The van der Waals surface area contributed by atoms with Crippen LogP contribution >= 0.6 is 0 Å². The number of methoxy groups -OCH3 is 1. The summed E-state index contributed by atoms with van der Waals surface area (Å²) in [5.41, 5.74) is 6.48. The molecule has 0 bridgehead atoms. The molecule has 5 rings (SSSR count). The second kappa shape index (κ2) is 11.2. The van der Waals surface area contributed by atoms with Crippen molar-refractivity contribution in [3.63, 3.8) is 0 Å². The van der Waals surface area contributed by atoms with Crippen LogP contribution in [-0.4, -0.2) is 54.2 Å². The number of piperazine rings is 1. The Morgan fingerprint density at radius 2 is 1.82 bits per heavy atom. The Kier molecular flexibility index (Phi) is 7.58. The zero-order valence-corrected chi connectivity index (χ0v) is 22.2. The molecule has 1 aromatic heterocycles. The van der Waals surface area contributed by atoms with Crippen molar-refractivity contribution < 1.29 is 18.4 Å². The monoisotopic (exact) mass is 516 g/mol. The Hall–Kier alpha value is -3.94. The van der Waals surface area contributed by atoms with Gasteiger partial charge < -0.3 is 19.1 Å². The summed E-state index contributed by atoms with van der Waals surface area (Å²) < 4.78 is 24.6. The molecule has 1 fully saturated rings. The molecule has 2 aromatic carbocycles. The molecule has 8 heteroatoms. The largest absolute Gasteiger partial charge is 0.496 e. The number of aryl methyl sites for hydroxylation is 3. The fourth-order valence-electron chi connectivity index (χ4n) is 5.12. The van der Waals surface area contributed by atoms with E-state index in [1.165, 1.54) is 23.3 Å². The van der Waals surface area contributed by atoms with Gasteiger partial charge in [-0.1, -0.05) is 28.9 Å². The summed E-state index contributed by atoms with van der Waals surface area (Å²) in [6.45, 7) is 6.82. The van der Waals surface area contributed by atoms with E-state index in [4.69, 9.17) is 9.26 Å². The molecule has 7 nitrogen and oxygen atoms in total. The first-order valence-corrected chi connectivity index (χ1v) is 13.1. The lowest BCUT2D eigenvalue weighted by Crippen LogP contribution is -2.48. The van der Waals surface area contributed by atoms with Crippen molar-refractivity contribution in [2.24, 2.45) is 0 Å². The number of rotatable bonds is 6. The molecular weight excluding hydrogens is 483 g/mol. The lowest BCUT2D eigenvalue weighted by Gasteiger charge is -2.36. The summed E-state index contributed by atoms with van der Waals surface area (Å²) in [5, 5.41) is 4.25. The molecule has 0 atom stereocenters. The number of hydrogen-bond donors (Lipinski definition) is 0. The highest BCUT2D eigenvalue weighted by Crippen LogP contribution is 2.32. The molecule has 1 saturated heterocycles. The van der Waals surface area contributed by atoms with E-state index in [0.29, 0.717) is 50.7 Å². The maximum atomic E-state index is 13.2. The SMILES string of the molecule is COC1=C(C)CCc2ccc(C)cc2C=C1c1noc(CCC(=O)N2CCN(c3ccc(F)cc3)CC2)n1. The zero-order valence-electron chi connectivity index (χ0n) is 22.2. The number of carbonyl (C=O) groups is 1. The summed E-state index contributed by atoms with van der Waals surface area (Å²) in [7, 11) is 1.67. The van der Waals surface area contributed by atoms with Gasteiger partial charge in [0.15, 0.2) is 0 Å². The average Bonchev–Trinajstić information content (AvgIpc) is 3.39. The number of anilines is 1. The molecule has 2 aliphatic rings. The third-order valence-electron chi connectivity index (χ3n) is 7.29. The minimum Gasteiger partial charge on any atom is -0.496 e. The molecule has 198 valence electrons. The third-order valence-corrected chi connectivity index (χ3v) is 7.29.